The molecule has 1 fully saturated rings. The molecule has 8 rings (SSSR count). The quantitative estimate of drug-likeness (QED) is 0.351. The Morgan fingerprint density at radius 3 is 1.92 bits per heavy atom. The molecule has 1 saturated heterocycles. The third-order valence-electron chi connectivity index (χ3n) is 8.79. The predicted molar refractivity (Wildman–Crippen MR) is 146 cm³/mol. The molecule has 0 radical (unpaired) electrons. The number of hydrogen-bond acceptors (Lipinski definition) is 3. The molecule has 3 amide bonds. The lowest BCUT2D eigenvalue weighted by Gasteiger charge is -2.51. The maximum absolute atomic E-state index is 14.2. The predicted octanol–water partition coefficient (Wildman–Crippen LogP) is 6.03. The van der Waals surface area contributed by atoms with Crippen LogP contribution in [0.2, 0.25) is 0 Å². The van der Waals surface area contributed by atoms with Crippen molar-refractivity contribution in [3.63, 3.8) is 0 Å². The van der Waals surface area contributed by atoms with Gasteiger partial charge in [0, 0.05) is 23.1 Å². The fraction of sp³-hybridized carbons (Fsp3) is 0.182. The maximum atomic E-state index is 14.2. The summed E-state index contributed by atoms with van der Waals surface area (Å²) in [5, 5.41) is 2.93. The Bertz CT molecular complexity index is 1610. The van der Waals surface area contributed by atoms with Crippen molar-refractivity contribution < 1.29 is 14.4 Å². The van der Waals surface area contributed by atoms with E-state index in [1.807, 2.05) is 62.4 Å². The summed E-state index contributed by atoms with van der Waals surface area (Å²) in [4.78, 5) is 42.5. The minimum Gasteiger partial charge on any atom is -0.322 e. The molecule has 4 aliphatic rings. The summed E-state index contributed by atoms with van der Waals surface area (Å²) in [6.07, 6.45) is 0. The van der Waals surface area contributed by atoms with Crippen molar-refractivity contribution >= 4 is 29.1 Å². The summed E-state index contributed by atoms with van der Waals surface area (Å²) in [5.74, 6) is -1.43. The zero-order valence-corrected chi connectivity index (χ0v) is 21.1. The smallest absolute Gasteiger partial charge is 0.255 e. The van der Waals surface area contributed by atoms with Crippen molar-refractivity contribution in [3.8, 4) is 0 Å². The largest absolute Gasteiger partial charge is 0.322 e. The van der Waals surface area contributed by atoms with E-state index >= 15 is 0 Å². The van der Waals surface area contributed by atoms with Gasteiger partial charge in [0.25, 0.3) is 5.91 Å². The van der Waals surface area contributed by atoms with Crippen LogP contribution < -0.4 is 10.2 Å². The Balaban J connectivity index is 1.26. The first-order chi connectivity index (χ1) is 18.4. The average Bonchev–Trinajstić information content (AvgIpc) is 3.15. The summed E-state index contributed by atoms with van der Waals surface area (Å²) in [5.41, 5.74) is 6.36. The second kappa shape index (κ2) is 7.99. The highest BCUT2D eigenvalue weighted by Crippen LogP contribution is 2.67. The number of rotatable bonds is 3. The monoisotopic (exact) mass is 498 g/mol. The fourth-order valence-corrected chi connectivity index (χ4v) is 7.03. The standard InChI is InChI=1S/C33H26N2O3/c1-19-9-3-8-14-26(19)34-30(36)20-15-17-21(18-16-20)35-31(37)29-27-22-10-4-6-12-24(22)28(33(29,2)32(35)38)25-13-7-5-11-23(25)27/h3-18,27-29H,1-2H3,(H,34,36)/t27?,28?,29-,33+/m1/s1. The zero-order valence-electron chi connectivity index (χ0n) is 21.1. The molecule has 5 nitrogen and oxygen atoms in total. The molecule has 2 atom stereocenters. The molecule has 0 spiro atoms. The summed E-state index contributed by atoms with van der Waals surface area (Å²) in [6, 6.07) is 30.8. The van der Waals surface area contributed by atoms with Gasteiger partial charge in [0.05, 0.1) is 17.0 Å². The first-order valence-electron chi connectivity index (χ1n) is 12.9. The van der Waals surface area contributed by atoms with Gasteiger partial charge < -0.3 is 5.32 Å². The van der Waals surface area contributed by atoms with Crippen LogP contribution >= 0.6 is 0 Å². The summed E-state index contributed by atoms with van der Waals surface area (Å²) < 4.78 is 0. The van der Waals surface area contributed by atoms with Crippen LogP contribution in [0.5, 0.6) is 0 Å². The molecule has 0 saturated carbocycles. The first-order valence-corrected chi connectivity index (χ1v) is 12.9. The number of para-hydroxylation sites is 1. The molecule has 3 aliphatic carbocycles. The van der Waals surface area contributed by atoms with Crippen molar-refractivity contribution in [2.75, 3.05) is 10.2 Å². The molecule has 4 aromatic rings. The molecule has 5 heteroatoms. The zero-order chi connectivity index (χ0) is 26.2. The maximum Gasteiger partial charge on any atom is 0.255 e. The lowest BCUT2D eigenvalue weighted by atomic mass is 9.48. The summed E-state index contributed by atoms with van der Waals surface area (Å²) in [7, 11) is 0. The molecule has 0 aromatic heterocycles. The lowest BCUT2D eigenvalue weighted by molar-refractivity contribution is -0.128. The number of imide groups is 1. The molecular formula is C33H26N2O3. The van der Waals surface area contributed by atoms with Crippen LogP contribution in [0.15, 0.2) is 97.1 Å². The number of carbonyl (C=O) groups excluding carboxylic acids is 3. The van der Waals surface area contributed by atoms with Gasteiger partial charge in [-0.05, 0) is 72.0 Å². The van der Waals surface area contributed by atoms with Crippen molar-refractivity contribution in [3.05, 3.63) is 130 Å². The molecule has 0 unspecified atom stereocenters. The molecule has 38 heavy (non-hydrogen) atoms. The molecule has 2 bridgehead atoms. The third kappa shape index (κ3) is 2.90. The van der Waals surface area contributed by atoms with E-state index in [9.17, 15) is 14.4 Å². The van der Waals surface area contributed by atoms with Crippen molar-refractivity contribution in [1.29, 1.82) is 0 Å². The molecular weight excluding hydrogens is 472 g/mol. The molecule has 1 aliphatic heterocycles. The van der Waals surface area contributed by atoms with E-state index in [1.165, 1.54) is 4.90 Å². The second-order valence-electron chi connectivity index (χ2n) is 10.7. The Labute approximate surface area is 221 Å². The Morgan fingerprint density at radius 1 is 0.763 bits per heavy atom. The number of amides is 3. The van der Waals surface area contributed by atoms with E-state index in [0.717, 1.165) is 33.5 Å². The fourth-order valence-electron chi connectivity index (χ4n) is 7.03. The number of aryl methyl sites for hydroxylation is 1. The van der Waals surface area contributed by atoms with Gasteiger partial charge in [0.1, 0.15) is 0 Å². The lowest BCUT2D eigenvalue weighted by Crippen LogP contribution is -2.49. The van der Waals surface area contributed by atoms with Gasteiger partial charge >= 0.3 is 0 Å². The van der Waals surface area contributed by atoms with Gasteiger partial charge in [-0.25, -0.2) is 4.90 Å². The topological polar surface area (TPSA) is 66.5 Å². The van der Waals surface area contributed by atoms with E-state index < -0.39 is 11.3 Å². The Morgan fingerprint density at radius 2 is 1.32 bits per heavy atom. The van der Waals surface area contributed by atoms with Gasteiger partial charge in [0.2, 0.25) is 11.8 Å². The summed E-state index contributed by atoms with van der Waals surface area (Å²) in [6.45, 7) is 3.90. The van der Waals surface area contributed by atoms with E-state index in [4.69, 9.17) is 0 Å². The number of benzene rings is 4. The van der Waals surface area contributed by atoms with E-state index in [-0.39, 0.29) is 29.6 Å². The van der Waals surface area contributed by atoms with Gasteiger partial charge in [0.15, 0.2) is 0 Å². The number of hydrogen-bond donors (Lipinski definition) is 1. The van der Waals surface area contributed by atoms with Gasteiger partial charge in [-0.15, -0.1) is 0 Å². The number of carbonyl (C=O) groups is 3. The van der Waals surface area contributed by atoms with Crippen molar-refractivity contribution in [1.82, 2.24) is 0 Å². The minimum absolute atomic E-state index is 0.169. The van der Waals surface area contributed by atoms with Crippen LogP contribution in [0, 0.1) is 18.3 Å². The van der Waals surface area contributed by atoms with Crippen molar-refractivity contribution in [2.24, 2.45) is 11.3 Å². The van der Waals surface area contributed by atoms with E-state index in [0.29, 0.717) is 11.3 Å². The average molecular weight is 499 g/mol. The Hall–Kier alpha value is -4.51. The summed E-state index contributed by atoms with van der Waals surface area (Å²) >= 11 is 0. The van der Waals surface area contributed by atoms with E-state index in [1.54, 1.807) is 24.3 Å². The SMILES string of the molecule is Cc1ccccc1NC(=O)c1ccc(N2C(=O)[C@H]3C4c5ccccc5C(c5ccccc54)[C@]3(C)C2=O)cc1. The van der Waals surface area contributed by atoms with Crippen LogP contribution in [0.25, 0.3) is 0 Å². The molecule has 1 heterocycles. The molecule has 186 valence electrons. The van der Waals surface area contributed by atoms with Crippen LogP contribution in [-0.2, 0) is 9.59 Å². The van der Waals surface area contributed by atoms with Gasteiger partial charge in [-0.3, -0.25) is 14.4 Å². The number of anilines is 2. The van der Waals surface area contributed by atoms with Crippen molar-refractivity contribution in [2.45, 2.75) is 25.7 Å². The third-order valence-corrected chi connectivity index (χ3v) is 8.79. The van der Waals surface area contributed by atoms with Crippen LogP contribution in [0.4, 0.5) is 11.4 Å². The van der Waals surface area contributed by atoms with Crippen LogP contribution in [-0.4, -0.2) is 17.7 Å². The highest BCUT2D eigenvalue weighted by atomic mass is 16.2. The number of nitrogens with zero attached hydrogens (tertiary/aromatic N) is 1. The molecule has 1 N–H and O–H groups in total. The highest BCUT2D eigenvalue weighted by Gasteiger charge is 2.68. The van der Waals surface area contributed by atoms with Gasteiger partial charge in [-0.2, -0.15) is 0 Å². The molecule has 4 aromatic carbocycles. The Kier molecular flexibility index (Phi) is 4.77. The van der Waals surface area contributed by atoms with Crippen LogP contribution in [0.3, 0.4) is 0 Å². The first kappa shape index (κ1) is 22.7. The minimum atomic E-state index is -0.884. The number of nitrogens with one attached hydrogen (secondary N) is 1. The normalized spacial score (nSPS) is 24.6. The second-order valence-corrected chi connectivity index (χ2v) is 10.7. The van der Waals surface area contributed by atoms with E-state index in [2.05, 4.69) is 29.6 Å². The van der Waals surface area contributed by atoms with Crippen LogP contribution in [0.1, 0.15) is 56.9 Å². The highest BCUT2D eigenvalue weighted by molar-refractivity contribution is 6.25. The van der Waals surface area contributed by atoms with Gasteiger partial charge in [-0.1, -0.05) is 66.7 Å².